The molecule has 0 radical (unpaired) electrons. The molecule has 0 bridgehead atoms. The molecule has 0 saturated heterocycles. The summed E-state index contributed by atoms with van der Waals surface area (Å²) in [5, 5.41) is 10.2. The number of aromatic nitrogens is 2. The standard InChI is InChI=1S/C15H17N3O3/c1-9-5-12-6-11(3-4-14(12)20-9)7-15(19)16-8-13-10(2)17-21-18-13/h3-4,6,9H,5,7-8H2,1-2H3,(H,16,19)/t9-/m0/s1. The molecule has 1 atom stereocenters. The summed E-state index contributed by atoms with van der Waals surface area (Å²) in [6.07, 6.45) is 1.45. The van der Waals surface area contributed by atoms with E-state index in [4.69, 9.17) is 4.74 Å². The van der Waals surface area contributed by atoms with E-state index in [1.54, 1.807) is 6.92 Å². The van der Waals surface area contributed by atoms with Crippen LogP contribution in [0.4, 0.5) is 0 Å². The van der Waals surface area contributed by atoms with Gasteiger partial charge in [-0.05, 0) is 31.0 Å². The van der Waals surface area contributed by atoms with Crippen LogP contribution in [0.1, 0.15) is 29.4 Å². The zero-order valence-electron chi connectivity index (χ0n) is 12.0. The molecule has 110 valence electrons. The maximum Gasteiger partial charge on any atom is 0.224 e. The molecule has 0 saturated carbocycles. The Bertz CT molecular complexity index is 666. The molecule has 2 heterocycles. The number of fused-ring (bicyclic) bond motifs is 1. The van der Waals surface area contributed by atoms with Gasteiger partial charge in [-0.15, -0.1) is 0 Å². The molecule has 2 aromatic rings. The molecule has 6 heteroatoms. The molecule has 1 aliphatic heterocycles. The van der Waals surface area contributed by atoms with Crippen molar-refractivity contribution in [3.63, 3.8) is 0 Å². The fourth-order valence-corrected chi connectivity index (χ4v) is 2.43. The molecular weight excluding hydrogens is 270 g/mol. The Labute approximate surface area is 122 Å². The minimum absolute atomic E-state index is 0.0516. The molecule has 3 rings (SSSR count). The molecular formula is C15H17N3O3. The van der Waals surface area contributed by atoms with Gasteiger partial charge in [0.15, 0.2) is 0 Å². The van der Waals surface area contributed by atoms with Crippen molar-refractivity contribution in [1.82, 2.24) is 15.6 Å². The lowest BCUT2D eigenvalue weighted by Gasteiger charge is -2.05. The summed E-state index contributed by atoms with van der Waals surface area (Å²) in [4.78, 5) is 12.0. The Morgan fingerprint density at radius 1 is 1.43 bits per heavy atom. The molecule has 1 aromatic carbocycles. The summed E-state index contributed by atoms with van der Waals surface area (Å²) in [6.45, 7) is 4.17. The second kappa shape index (κ2) is 5.55. The number of nitrogens with one attached hydrogen (secondary N) is 1. The van der Waals surface area contributed by atoms with Crippen molar-refractivity contribution >= 4 is 5.91 Å². The molecule has 21 heavy (non-hydrogen) atoms. The van der Waals surface area contributed by atoms with E-state index in [9.17, 15) is 4.79 Å². The van der Waals surface area contributed by atoms with Crippen LogP contribution in [0.5, 0.6) is 5.75 Å². The lowest BCUT2D eigenvalue weighted by atomic mass is 10.0. The number of nitrogens with zero attached hydrogens (tertiary/aromatic N) is 2. The van der Waals surface area contributed by atoms with Gasteiger partial charge in [0.1, 0.15) is 23.2 Å². The van der Waals surface area contributed by atoms with Gasteiger partial charge >= 0.3 is 0 Å². The summed E-state index contributed by atoms with van der Waals surface area (Å²) in [7, 11) is 0. The number of benzene rings is 1. The monoisotopic (exact) mass is 287 g/mol. The SMILES string of the molecule is Cc1nonc1CNC(=O)Cc1ccc2c(c1)C[C@H](C)O2. The van der Waals surface area contributed by atoms with Crippen molar-refractivity contribution in [2.45, 2.75) is 39.3 Å². The predicted octanol–water partition coefficient (Wildman–Crippen LogP) is 1.56. The second-order valence-electron chi connectivity index (χ2n) is 5.32. The molecule has 1 N–H and O–H groups in total. The van der Waals surface area contributed by atoms with Gasteiger partial charge in [-0.3, -0.25) is 4.79 Å². The first-order chi connectivity index (χ1) is 10.1. The fraction of sp³-hybridized carbons (Fsp3) is 0.400. The van der Waals surface area contributed by atoms with Gasteiger partial charge in [0, 0.05) is 6.42 Å². The van der Waals surface area contributed by atoms with Crippen molar-refractivity contribution in [3.8, 4) is 5.75 Å². The van der Waals surface area contributed by atoms with Gasteiger partial charge in [0.25, 0.3) is 0 Å². The number of rotatable bonds is 4. The van der Waals surface area contributed by atoms with Gasteiger partial charge in [-0.25, -0.2) is 4.63 Å². The number of hydrogen-bond acceptors (Lipinski definition) is 5. The summed E-state index contributed by atoms with van der Waals surface area (Å²) >= 11 is 0. The lowest BCUT2D eigenvalue weighted by Crippen LogP contribution is -2.25. The van der Waals surface area contributed by atoms with Crippen LogP contribution in [-0.4, -0.2) is 22.3 Å². The van der Waals surface area contributed by atoms with Crippen LogP contribution in [0.3, 0.4) is 0 Å². The van der Waals surface area contributed by atoms with Crippen LogP contribution in [0.15, 0.2) is 22.8 Å². The van der Waals surface area contributed by atoms with E-state index >= 15 is 0 Å². The Balaban J connectivity index is 1.58. The third kappa shape index (κ3) is 3.04. The van der Waals surface area contributed by atoms with Gasteiger partial charge in [-0.2, -0.15) is 0 Å². The normalized spacial score (nSPS) is 16.4. The zero-order valence-corrected chi connectivity index (χ0v) is 12.0. The van der Waals surface area contributed by atoms with Crippen LogP contribution in [0.2, 0.25) is 0 Å². The topological polar surface area (TPSA) is 77.3 Å². The highest BCUT2D eigenvalue weighted by Gasteiger charge is 2.19. The van der Waals surface area contributed by atoms with E-state index in [2.05, 4.69) is 20.3 Å². The molecule has 1 aliphatic rings. The minimum atomic E-state index is -0.0516. The van der Waals surface area contributed by atoms with E-state index < -0.39 is 0 Å². The van der Waals surface area contributed by atoms with Crippen molar-refractivity contribution in [1.29, 1.82) is 0 Å². The molecule has 1 amide bonds. The number of ether oxygens (including phenoxy) is 1. The van der Waals surface area contributed by atoms with Crippen molar-refractivity contribution in [2.75, 3.05) is 0 Å². The van der Waals surface area contributed by atoms with Crippen molar-refractivity contribution < 1.29 is 14.2 Å². The highest BCUT2D eigenvalue weighted by Crippen LogP contribution is 2.29. The van der Waals surface area contributed by atoms with Crippen LogP contribution in [0, 0.1) is 6.92 Å². The summed E-state index contributed by atoms with van der Waals surface area (Å²) < 4.78 is 10.2. The smallest absolute Gasteiger partial charge is 0.224 e. The zero-order chi connectivity index (χ0) is 14.8. The Morgan fingerprint density at radius 2 is 2.29 bits per heavy atom. The Morgan fingerprint density at radius 3 is 3.05 bits per heavy atom. The number of carbonyl (C=O) groups excluding carboxylic acids is 1. The van der Waals surface area contributed by atoms with E-state index in [1.165, 1.54) is 5.56 Å². The van der Waals surface area contributed by atoms with Crippen LogP contribution in [-0.2, 0) is 24.2 Å². The van der Waals surface area contributed by atoms with E-state index in [-0.39, 0.29) is 12.0 Å². The highest BCUT2D eigenvalue weighted by atomic mass is 16.6. The summed E-state index contributed by atoms with van der Waals surface area (Å²) in [5.41, 5.74) is 3.50. The minimum Gasteiger partial charge on any atom is -0.490 e. The van der Waals surface area contributed by atoms with Gasteiger partial charge in [0.2, 0.25) is 5.91 Å². The second-order valence-corrected chi connectivity index (χ2v) is 5.32. The first kappa shape index (κ1) is 13.6. The van der Waals surface area contributed by atoms with E-state index in [0.717, 1.165) is 17.7 Å². The van der Waals surface area contributed by atoms with E-state index in [1.807, 2.05) is 25.1 Å². The third-order valence-corrected chi connectivity index (χ3v) is 3.52. The number of hydrogen-bond donors (Lipinski definition) is 1. The third-order valence-electron chi connectivity index (χ3n) is 3.52. The number of amides is 1. The maximum absolute atomic E-state index is 12.0. The van der Waals surface area contributed by atoms with Crippen LogP contribution in [0.25, 0.3) is 0 Å². The number of aryl methyl sites for hydroxylation is 1. The summed E-state index contributed by atoms with van der Waals surface area (Å²) in [5.74, 6) is 0.875. The average molecular weight is 287 g/mol. The first-order valence-corrected chi connectivity index (χ1v) is 6.95. The van der Waals surface area contributed by atoms with Crippen molar-refractivity contribution in [2.24, 2.45) is 0 Å². The van der Waals surface area contributed by atoms with Crippen LogP contribution < -0.4 is 10.1 Å². The number of carbonyl (C=O) groups is 1. The largest absolute Gasteiger partial charge is 0.490 e. The average Bonchev–Trinajstić information content (AvgIpc) is 3.00. The van der Waals surface area contributed by atoms with Gasteiger partial charge < -0.3 is 10.1 Å². The lowest BCUT2D eigenvalue weighted by molar-refractivity contribution is -0.120. The molecule has 0 unspecified atom stereocenters. The Kier molecular flexibility index (Phi) is 3.60. The van der Waals surface area contributed by atoms with Crippen LogP contribution >= 0.6 is 0 Å². The Hall–Kier alpha value is -2.37. The molecule has 6 nitrogen and oxygen atoms in total. The highest BCUT2D eigenvalue weighted by molar-refractivity contribution is 5.78. The van der Waals surface area contributed by atoms with Crippen molar-refractivity contribution in [3.05, 3.63) is 40.7 Å². The van der Waals surface area contributed by atoms with E-state index in [0.29, 0.717) is 24.4 Å². The molecule has 1 aromatic heterocycles. The van der Waals surface area contributed by atoms with Gasteiger partial charge in [0.05, 0.1) is 13.0 Å². The summed E-state index contributed by atoms with van der Waals surface area (Å²) in [6, 6.07) is 5.91. The van der Waals surface area contributed by atoms with Gasteiger partial charge in [-0.1, -0.05) is 22.4 Å². The fourth-order valence-electron chi connectivity index (χ4n) is 2.43. The predicted molar refractivity (Wildman–Crippen MR) is 74.8 cm³/mol. The maximum atomic E-state index is 12.0. The molecule has 0 spiro atoms. The molecule has 0 fully saturated rings. The molecule has 0 aliphatic carbocycles. The quantitative estimate of drug-likeness (QED) is 0.923. The first-order valence-electron chi connectivity index (χ1n) is 6.95.